The van der Waals surface area contributed by atoms with Crippen LogP contribution in [0.15, 0.2) is 164 Å². The summed E-state index contributed by atoms with van der Waals surface area (Å²) in [4.78, 5) is 18.7. The Kier molecular flexibility index (Phi) is 8.20. The van der Waals surface area contributed by atoms with Gasteiger partial charge in [0.05, 0.1) is 27.6 Å². The van der Waals surface area contributed by atoms with Gasteiger partial charge in [0.25, 0.3) is 0 Å². The van der Waals surface area contributed by atoms with Crippen molar-refractivity contribution >= 4 is 54.6 Å². The first-order valence-electron chi connectivity index (χ1n) is 21.1. The molecule has 296 valence electrons. The quantitative estimate of drug-likeness (QED) is 0.189. The largest absolute Gasteiger partial charge is 0.354 e. The van der Waals surface area contributed by atoms with Crippen LogP contribution in [0.1, 0.15) is 52.7 Å². The summed E-state index contributed by atoms with van der Waals surface area (Å²) in [5.41, 5.74) is 15.4. The number of pyridine rings is 2. The van der Waals surface area contributed by atoms with Gasteiger partial charge >= 0.3 is 0 Å². The van der Waals surface area contributed by atoms with E-state index in [0.29, 0.717) is 0 Å². The van der Waals surface area contributed by atoms with Gasteiger partial charge in [0.1, 0.15) is 11.6 Å². The molecule has 5 heterocycles. The molecule has 0 aliphatic carbocycles. The Morgan fingerprint density at radius 1 is 0.475 bits per heavy atom. The first-order chi connectivity index (χ1) is 29.5. The van der Waals surface area contributed by atoms with Crippen LogP contribution in [0.2, 0.25) is 0 Å². The number of aromatic amines is 1. The number of aromatic nitrogens is 6. The zero-order valence-electron chi connectivity index (χ0n) is 35.3. The molecule has 0 aliphatic heterocycles. The summed E-state index contributed by atoms with van der Waals surface area (Å²) in [6, 6.07) is 52.8. The van der Waals surface area contributed by atoms with Gasteiger partial charge < -0.3 is 4.98 Å². The summed E-state index contributed by atoms with van der Waals surface area (Å²) in [6.07, 6.45) is 5.57. The van der Waals surface area contributed by atoms with E-state index in [4.69, 9.17) is 9.97 Å². The number of nitrogens with zero attached hydrogens (tertiary/aromatic N) is 5. The zero-order valence-corrected chi connectivity index (χ0v) is 35.3. The maximum absolute atomic E-state index is 5.74. The molecule has 0 fully saturated rings. The van der Waals surface area contributed by atoms with Crippen LogP contribution in [0.4, 0.5) is 0 Å². The molecule has 61 heavy (non-hydrogen) atoms. The van der Waals surface area contributed by atoms with Crippen LogP contribution >= 0.6 is 0 Å². The van der Waals surface area contributed by atoms with Crippen molar-refractivity contribution in [3.8, 4) is 45.1 Å². The first kappa shape index (κ1) is 36.7. The predicted octanol–water partition coefficient (Wildman–Crippen LogP) is 14.1. The lowest BCUT2D eigenvalue weighted by Crippen LogP contribution is -2.12. The third kappa shape index (κ3) is 6.04. The summed E-state index contributed by atoms with van der Waals surface area (Å²) in [5, 5.41) is 4.73. The van der Waals surface area contributed by atoms with Gasteiger partial charge in [-0.25, -0.2) is 9.97 Å². The topological polar surface area (TPSA) is 64.3 Å². The van der Waals surface area contributed by atoms with Gasteiger partial charge in [-0.15, -0.1) is 0 Å². The van der Waals surface area contributed by atoms with Gasteiger partial charge in [-0.3, -0.25) is 14.1 Å². The number of fused-ring (bicyclic) bond motifs is 7. The molecule has 6 nitrogen and oxygen atoms in total. The Balaban J connectivity index is 1.23. The Morgan fingerprint density at radius 3 is 2.05 bits per heavy atom. The van der Waals surface area contributed by atoms with Gasteiger partial charge in [-0.05, 0) is 118 Å². The van der Waals surface area contributed by atoms with Crippen molar-refractivity contribution in [1.82, 2.24) is 29.1 Å². The number of benzene rings is 6. The molecule has 0 saturated carbocycles. The lowest BCUT2D eigenvalue weighted by Gasteiger charge is -2.22. The molecule has 0 bridgehead atoms. The fraction of sp³-hybridized carbons (Fsp3) is 0.145. The molecular weight excluding hydrogens is 745 g/mol. The van der Waals surface area contributed by atoms with Crippen LogP contribution < -0.4 is 0 Å². The summed E-state index contributed by atoms with van der Waals surface area (Å²) >= 11 is 0. The Hall–Kier alpha value is -7.31. The van der Waals surface area contributed by atoms with E-state index in [1.807, 2.05) is 24.7 Å². The minimum absolute atomic E-state index is 0.0357. The lowest BCUT2D eigenvalue weighted by molar-refractivity contribution is 0.590. The predicted molar refractivity (Wildman–Crippen MR) is 254 cm³/mol. The van der Waals surface area contributed by atoms with Crippen LogP contribution in [0, 0.1) is 0 Å². The van der Waals surface area contributed by atoms with Crippen molar-refractivity contribution in [1.29, 1.82) is 0 Å². The van der Waals surface area contributed by atoms with E-state index in [9.17, 15) is 0 Å². The van der Waals surface area contributed by atoms with Crippen LogP contribution in [-0.4, -0.2) is 29.1 Å². The molecule has 1 N–H and O–H groups in total. The minimum atomic E-state index is -0.140. The fourth-order valence-electron chi connectivity index (χ4n) is 9.09. The third-order valence-corrected chi connectivity index (χ3v) is 12.3. The molecule has 0 aliphatic rings. The highest BCUT2D eigenvalue weighted by Crippen LogP contribution is 2.43. The first-order valence-corrected chi connectivity index (χ1v) is 21.1. The summed E-state index contributed by atoms with van der Waals surface area (Å²) in [5.74, 6) is 1.78. The van der Waals surface area contributed by atoms with E-state index in [0.717, 1.165) is 78.2 Å². The molecule has 5 aromatic heterocycles. The number of rotatable bonds is 5. The van der Waals surface area contributed by atoms with Crippen LogP contribution in [0.25, 0.3) is 99.8 Å². The van der Waals surface area contributed by atoms with E-state index in [1.165, 1.54) is 32.7 Å². The van der Waals surface area contributed by atoms with E-state index >= 15 is 0 Å². The highest BCUT2D eigenvalue weighted by atomic mass is 15.1. The van der Waals surface area contributed by atoms with Crippen molar-refractivity contribution in [3.63, 3.8) is 0 Å². The van der Waals surface area contributed by atoms with Gasteiger partial charge in [0.2, 0.25) is 0 Å². The van der Waals surface area contributed by atoms with Gasteiger partial charge in [0.15, 0.2) is 0 Å². The normalized spacial score (nSPS) is 12.4. The van der Waals surface area contributed by atoms with Crippen LogP contribution in [0.5, 0.6) is 0 Å². The maximum Gasteiger partial charge on any atom is 0.147 e. The number of hydrogen-bond acceptors (Lipinski definition) is 3. The molecule has 6 aromatic carbocycles. The molecule has 6 heteroatoms. The molecule has 11 rings (SSSR count). The molecule has 0 unspecified atom stereocenters. The Labute approximate surface area is 355 Å². The number of hydrogen-bond donors (Lipinski definition) is 1. The van der Waals surface area contributed by atoms with Gasteiger partial charge in [-0.1, -0.05) is 108 Å². The standard InChI is InChI=1S/C55H46N6/c1-54(2,3)37-13-11-14-39(31-37)60-49-33-38(55(4,5)6)32-44(52(49)59-53(60)43-17-12-16-42-40-15-7-8-18-46(40)58-51(42)43)36-20-22-41-45-29-35(34-24-27-56-28-25-34)21-23-47(45)61(48(41)30-36)50-19-9-10-26-57-50/h7-33,58H,1-6H3. The Bertz CT molecular complexity index is 3480. The van der Waals surface area contributed by atoms with E-state index in [1.54, 1.807) is 0 Å². The molecule has 0 radical (unpaired) electrons. The summed E-state index contributed by atoms with van der Waals surface area (Å²) in [6.45, 7) is 13.7. The monoisotopic (exact) mass is 790 g/mol. The van der Waals surface area contributed by atoms with Crippen LogP contribution in [-0.2, 0) is 10.8 Å². The van der Waals surface area contributed by atoms with Crippen molar-refractivity contribution in [2.75, 3.05) is 0 Å². The smallest absolute Gasteiger partial charge is 0.147 e. The molecule has 0 spiro atoms. The van der Waals surface area contributed by atoms with Crippen molar-refractivity contribution < 1.29 is 0 Å². The Morgan fingerprint density at radius 2 is 1.25 bits per heavy atom. The van der Waals surface area contributed by atoms with Crippen LogP contribution in [0.3, 0.4) is 0 Å². The van der Waals surface area contributed by atoms with Crippen molar-refractivity contribution in [2.24, 2.45) is 0 Å². The molecule has 0 amide bonds. The molecule has 0 atom stereocenters. The highest BCUT2D eigenvalue weighted by molar-refractivity contribution is 6.13. The van der Waals surface area contributed by atoms with Crippen molar-refractivity contribution in [3.05, 3.63) is 175 Å². The molecule has 0 saturated heterocycles. The number of nitrogens with one attached hydrogen (secondary N) is 1. The SMILES string of the molecule is CC(C)(C)c1cccc(-n2c(-c3cccc4c3[nH]c3ccccc34)nc3c(-c4ccc5c6cc(-c7ccncc7)ccc6n(-c6ccccn6)c5c4)cc(C(C)(C)C)cc32)c1. The van der Waals surface area contributed by atoms with Gasteiger partial charge in [0, 0.05) is 62.5 Å². The van der Waals surface area contributed by atoms with Crippen molar-refractivity contribution in [2.45, 2.75) is 52.4 Å². The second kappa shape index (κ2) is 13.6. The zero-order chi connectivity index (χ0) is 41.6. The average Bonchev–Trinajstić information content (AvgIpc) is 3.95. The lowest BCUT2D eigenvalue weighted by atomic mass is 9.84. The van der Waals surface area contributed by atoms with E-state index < -0.39 is 0 Å². The second-order valence-corrected chi connectivity index (χ2v) is 18.3. The highest BCUT2D eigenvalue weighted by Gasteiger charge is 2.26. The number of imidazole rings is 1. The van der Waals surface area contributed by atoms with Gasteiger partial charge in [-0.2, -0.15) is 0 Å². The minimum Gasteiger partial charge on any atom is -0.354 e. The second-order valence-electron chi connectivity index (χ2n) is 18.3. The summed E-state index contributed by atoms with van der Waals surface area (Å²) < 4.78 is 4.70. The van der Waals surface area contributed by atoms with E-state index in [-0.39, 0.29) is 10.8 Å². The third-order valence-electron chi connectivity index (χ3n) is 12.3. The fourth-order valence-corrected chi connectivity index (χ4v) is 9.09. The number of H-pyrrole nitrogens is 1. The maximum atomic E-state index is 5.74. The van der Waals surface area contributed by atoms with E-state index in [2.05, 4.69) is 200 Å². The summed E-state index contributed by atoms with van der Waals surface area (Å²) in [7, 11) is 0. The number of para-hydroxylation sites is 2. The molecule has 11 aromatic rings. The average molecular weight is 791 g/mol. The molecular formula is C55H46N6.